The number of nitrogens with zero attached hydrogens (tertiary/aromatic N) is 3. The molecule has 2 aliphatic rings. The van der Waals surface area contributed by atoms with E-state index in [0.29, 0.717) is 19.0 Å². The largest absolute Gasteiger partial charge is 0.491 e. The Morgan fingerprint density at radius 3 is 2.56 bits per heavy atom. The van der Waals surface area contributed by atoms with Gasteiger partial charge in [-0.3, -0.25) is 9.89 Å². The number of aromatic amines is 1. The van der Waals surface area contributed by atoms with Gasteiger partial charge in [0.2, 0.25) is 5.91 Å². The van der Waals surface area contributed by atoms with E-state index in [9.17, 15) is 4.79 Å². The monoisotopic (exact) mass is 362 g/mol. The maximum Gasteiger partial charge on any atom is 0.246 e. The molecule has 138 valence electrons. The van der Waals surface area contributed by atoms with E-state index in [-0.39, 0.29) is 5.91 Å². The number of para-hydroxylation sites is 2. The van der Waals surface area contributed by atoms with Gasteiger partial charge in [-0.15, -0.1) is 0 Å². The lowest BCUT2D eigenvalue weighted by atomic mass is 9.77. The van der Waals surface area contributed by atoms with Crippen molar-refractivity contribution < 1.29 is 9.53 Å². The Kier molecular flexibility index (Phi) is 4.18. The predicted molar refractivity (Wildman–Crippen MR) is 103 cm³/mol. The molecule has 6 heteroatoms. The first-order chi connectivity index (χ1) is 13.2. The van der Waals surface area contributed by atoms with E-state index in [1.165, 1.54) is 0 Å². The maximum atomic E-state index is 13.5. The molecule has 1 N–H and O–H groups in total. The van der Waals surface area contributed by atoms with E-state index < -0.39 is 5.41 Å². The van der Waals surface area contributed by atoms with Crippen molar-refractivity contribution in [2.45, 2.75) is 32.7 Å². The van der Waals surface area contributed by atoms with Gasteiger partial charge in [0.15, 0.2) is 5.82 Å². The van der Waals surface area contributed by atoms with Gasteiger partial charge in [0, 0.05) is 11.3 Å². The Bertz CT molecular complexity index is 997. The topological polar surface area (TPSA) is 71.1 Å². The second-order valence-corrected chi connectivity index (χ2v) is 6.44. The molecule has 0 radical (unpaired) electrons. The lowest BCUT2D eigenvalue weighted by Crippen LogP contribution is -2.42. The molecule has 0 saturated carbocycles. The summed E-state index contributed by atoms with van der Waals surface area (Å²) in [6.45, 7) is 6.51. The van der Waals surface area contributed by atoms with Crippen LogP contribution in [0.5, 0.6) is 5.75 Å². The molecule has 1 aromatic heterocycles. The van der Waals surface area contributed by atoms with Crippen LogP contribution in [0.3, 0.4) is 0 Å². The Labute approximate surface area is 158 Å². The predicted octanol–water partition coefficient (Wildman–Crippen LogP) is 3.36. The molecule has 1 amide bonds. The van der Waals surface area contributed by atoms with Crippen LogP contribution < -0.4 is 9.64 Å². The van der Waals surface area contributed by atoms with Crippen LogP contribution in [0.25, 0.3) is 0 Å². The number of anilines is 1. The molecule has 2 aromatic carbocycles. The van der Waals surface area contributed by atoms with E-state index in [4.69, 9.17) is 4.74 Å². The summed E-state index contributed by atoms with van der Waals surface area (Å²) in [7, 11) is 0. The van der Waals surface area contributed by atoms with E-state index >= 15 is 0 Å². The third-order valence-electron chi connectivity index (χ3n) is 5.00. The van der Waals surface area contributed by atoms with E-state index in [1.54, 1.807) is 4.90 Å². The first kappa shape index (κ1) is 17.3. The summed E-state index contributed by atoms with van der Waals surface area (Å²) >= 11 is 0. The van der Waals surface area contributed by atoms with Crippen LogP contribution in [-0.2, 0) is 16.8 Å². The summed E-state index contributed by atoms with van der Waals surface area (Å²) in [5, 5.41) is 7.02. The lowest BCUT2D eigenvalue weighted by molar-refractivity contribution is -0.122. The van der Waals surface area contributed by atoms with Crippen LogP contribution in [0.4, 0.5) is 5.69 Å². The number of carbonyl (C=O) groups excluding carboxylic acids is 1. The van der Waals surface area contributed by atoms with Crippen molar-refractivity contribution in [2.75, 3.05) is 11.5 Å². The number of ether oxygens (including phenoxy) is 1. The number of aryl methyl sites for hydroxylation is 1. The number of nitrogens with one attached hydrogen (secondary N) is 1. The summed E-state index contributed by atoms with van der Waals surface area (Å²) in [5.41, 5.74) is 2.03. The second-order valence-electron chi connectivity index (χ2n) is 6.44. The molecule has 0 saturated heterocycles. The van der Waals surface area contributed by atoms with Crippen molar-refractivity contribution in [3.8, 4) is 5.75 Å². The van der Waals surface area contributed by atoms with Gasteiger partial charge in [-0.2, -0.15) is 5.10 Å². The average molecular weight is 362 g/mol. The zero-order valence-electron chi connectivity index (χ0n) is 15.7. The molecule has 0 aliphatic carbocycles. The van der Waals surface area contributed by atoms with Gasteiger partial charge in [0.05, 0.1) is 6.54 Å². The molecule has 5 rings (SSSR count). The lowest BCUT2D eigenvalue weighted by Gasteiger charge is -2.22. The number of carbonyl (C=O) groups is 1. The molecular weight excluding hydrogens is 340 g/mol. The first-order valence-corrected chi connectivity index (χ1v) is 9.22. The van der Waals surface area contributed by atoms with Crippen molar-refractivity contribution in [3.05, 3.63) is 71.3 Å². The van der Waals surface area contributed by atoms with E-state index in [2.05, 4.69) is 15.2 Å². The van der Waals surface area contributed by atoms with Gasteiger partial charge >= 0.3 is 0 Å². The number of hydrogen-bond donors (Lipinski definition) is 1. The normalized spacial score (nSPS) is 19.4. The fourth-order valence-electron chi connectivity index (χ4n) is 3.89. The summed E-state index contributed by atoms with van der Waals surface area (Å²) < 4.78 is 5.88. The van der Waals surface area contributed by atoms with Gasteiger partial charge in [-0.1, -0.05) is 50.2 Å². The summed E-state index contributed by atoms with van der Waals surface area (Å²) in [6, 6.07) is 15.7. The molecular formula is C21H22N4O2. The van der Waals surface area contributed by atoms with Crippen molar-refractivity contribution in [1.29, 1.82) is 0 Å². The van der Waals surface area contributed by atoms with E-state index in [1.807, 2.05) is 69.3 Å². The van der Waals surface area contributed by atoms with Crippen molar-refractivity contribution in [1.82, 2.24) is 15.2 Å². The number of aromatic nitrogens is 3. The van der Waals surface area contributed by atoms with Crippen molar-refractivity contribution >= 4 is 11.6 Å². The van der Waals surface area contributed by atoms with Gasteiger partial charge < -0.3 is 9.64 Å². The summed E-state index contributed by atoms with van der Waals surface area (Å²) in [6.07, 6.45) is 0. The maximum absolute atomic E-state index is 13.5. The third kappa shape index (κ3) is 2.44. The number of hydrogen-bond acceptors (Lipinski definition) is 4. The standard InChI is InChI=1S/C19H16N4O2.C2H6/c1-12-20-17(22-21-12)10-23-15-8-4-2-6-13(15)19(18(23)24)11-25-16-9-5-3-7-14(16)19;1-2/h2-9H,10-11H2,1H3,(H,20,21,22);1-2H3. The van der Waals surface area contributed by atoms with Crippen molar-refractivity contribution in [2.24, 2.45) is 0 Å². The molecule has 6 nitrogen and oxygen atoms in total. The Morgan fingerprint density at radius 1 is 1.11 bits per heavy atom. The number of rotatable bonds is 2. The quantitative estimate of drug-likeness (QED) is 0.759. The van der Waals surface area contributed by atoms with Gasteiger partial charge in [-0.25, -0.2) is 4.98 Å². The minimum atomic E-state index is -0.779. The smallest absolute Gasteiger partial charge is 0.246 e. The first-order valence-electron chi connectivity index (χ1n) is 9.22. The van der Waals surface area contributed by atoms with Crippen molar-refractivity contribution in [3.63, 3.8) is 0 Å². The van der Waals surface area contributed by atoms with E-state index in [0.717, 1.165) is 28.4 Å². The minimum absolute atomic E-state index is 0.0149. The van der Waals surface area contributed by atoms with Crippen LogP contribution in [0.1, 0.15) is 36.6 Å². The highest BCUT2D eigenvalue weighted by Gasteiger charge is 2.56. The zero-order chi connectivity index (χ0) is 19.0. The Balaban J connectivity index is 0.000000872. The molecule has 27 heavy (non-hydrogen) atoms. The highest BCUT2D eigenvalue weighted by molar-refractivity contribution is 6.11. The minimum Gasteiger partial charge on any atom is -0.491 e. The van der Waals surface area contributed by atoms with Crippen LogP contribution in [0.15, 0.2) is 48.5 Å². The fourth-order valence-corrected chi connectivity index (χ4v) is 3.89. The number of fused-ring (bicyclic) bond motifs is 4. The Hall–Kier alpha value is -3.15. The highest BCUT2D eigenvalue weighted by atomic mass is 16.5. The fraction of sp³-hybridized carbons (Fsp3) is 0.286. The number of amides is 1. The molecule has 0 bridgehead atoms. The highest BCUT2D eigenvalue weighted by Crippen LogP contribution is 2.52. The average Bonchev–Trinajstić information content (AvgIpc) is 3.37. The number of H-pyrrole nitrogens is 1. The number of benzene rings is 2. The summed E-state index contributed by atoms with van der Waals surface area (Å²) in [4.78, 5) is 19.7. The van der Waals surface area contributed by atoms with Gasteiger partial charge in [-0.05, 0) is 24.6 Å². The molecule has 1 atom stereocenters. The summed E-state index contributed by atoms with van der Waals surface area (Å²) in [5.74, 6) is 2.13. The van der Waals surface area contributed by atoms with Crippen LogP contribution >= 0.6 is 0 Å². The molecule has 3 aromatic rings. The van der Waals surface area contributed by atoms with Crippen LogP contribution in [0, 0.1) is 6.92 Å². The third-order valence-corrected chi connectivity index (χ3v) is 5.00. The second kappa shape index (κ2) is 6.54. The van der Waals surface area contributed by atoms with Crippen LogP contribution in [0.2, 0.25) is 0 Å². The Morgan fingerprint density at radius 2 is 1.81 bits per heavy atom. The molecule has 1 unspecified atom stereocenters. The molecule has 2 aliphatic heterocycles. The SMILES string of the molecule is CC.Cc1nc(CN2C(=O)C3(COc4ccccc43)c3ccccc32)n[nH]1. The molecule has 3 heterocycles. The zero-order valence-corrected chi connectivity index (χ0v) is 15.7. The van der Waals surface area contributed by atoms with Gasteiger partial charge in [0.1, 0.15) is 23.6 Å². The van der Waals surface area contributed by atoms with Gasteiger partial charge in [0.25, 0.3) is 0 Å². The molecule has 0 fully saturated rings. The molecule has 1 spiro atoms. The van der Waals surface area contributed by atoms with Crippen LogP contribution in [-0.4, -0.2) is 27.7 Å².